The Morgan fingerprint density at radius 1 is 1.29 bits per heavy atom. The standard InChI is InChI=1S/C13H27N/c1-6-9-12(5)13(14-8-3)10-11(4)7-2/h12-14H,4,6-10H2,1-3,5H3. The zero-order valence-electron chi connectivity index (χ0n) is 10.4. The van der Waals surface area contributed by atoms with Gasteiger partial charge in [-0.15, -0.1) is 0 Å². The molecule has 0 aliphatic heterocycles. The quantitative estimate of drug-likeness (QED) is 0.584. The lowest BCUT2D eigenvalue weighted by molar-refractivity contribution is 0.356. The highest BCUT2D eigenvalue weighted by Gasteiger charge is 2.15. The highest BCUT2D eigenvalue weighted by molar-refractivity contribution is 4.97. The van der Waals surface area contributed by atoms with Crippen LogP contribution in [0.25, 0.3) is 0 Å². The summed E-state index contributed by atoms with van der Waals surface area (Å²) in [7, 11) is 0. The molecule has 0 aromatic heterocycles. The van der Waals surface area contributed by atoms with Gasteiger partial charge in [-0.1, -0.05) is 46.3 Å². The van der Waals surface area contributed by atoms with Crippen molar-refractivity contribution in [1.82, 2.24) is 5.32 Å². The van der Waals surface area contributed by atoms with E-state index in [4.69, 9.17) is 0 Å². The fraction of sp³-hybridized carbons (Fsp3) is 0.846. The van der Waals surface area contributed by atoms with Gasteiger partial charge in [-0.25, -0.2) is 0 Å². The predicted molar refractivity (Wildman–Crippen MR) is 65.6 cm³/mol. The SMILES string of the molecule is C=C(CC)CC(NCC)C(C)CCC. The van der Waals surface area contributed by atoms with E-state index in [2.05, 4.69) is 39.6 Å². The summed E-state index contributed by atoms with van der Waals surface area (Å²) in [4.78, 5) is 0. The first-order valence-corrected chi connectivity index (χ1v) is 6.05. The minimum atomic E-state index is 0.632. The molecule has 0 saturated heterocycles. The van der Waals surface area contributed by atoms with Crippen LogP contribution in [0, 0.1) is 5.92 Å². The Balaban J connectivity index is 4.05. The summed E-state index contributed by atoms with van der Waals surface area (Å²) in [5.74, 6) is 0.767. The zero-order chi connectivity index (χ0) is 11.0. The van der Waals surface area contributed by atoms with Gasteiger partial charge in [0.15, 0.2) is 0 Å². The molecule has 1 nitrogen and oxygen atoms in total. The van der Waals surface area contributed by atoms with Gasteiger partial charge in [0.25, 0.3) is 0 Å². The third-order valence-electron chi connectivity index (χ3n) is 2.91. The van der Waals surface area contributed by atoms with Crippen molar-refractivity contribution in [3.05, 3.63) is 12.2 Å². The van der Waals surface area contributed by atoms with Crippen molar-refractivity contribution in [2.24, 2.45) is 5.92 Å². The minimum Gasteiger partial charge on any atom is -0.314 e. The van der Waals surface area contributed by atoms with Crippen molar-refractivity contribution in [1.29, 1.82) is 0 Å². The van der Waals surface area contributed by atoms with Gasteiger partial charge >= 0.3 is 0 Å². The summed E-state index contributed by atoms with van der Waals surface area (Å²) >= 11 is 0. The second-order valence-electron chi connectivity index (χ2n) is 4.24. The predicted octanol–water partition coefficient (Wildman–Crippen LogP) is 3.76. The van der Waals surface area contributed by atoms with Crippen LogP contribution in [0.15, 0.2) is 12.2 Å². The van der Waals surface area contributed by atoms with E-state index in [1.54, 1.807) is 0 Å². The first-order valence-electron chi connectivity index (χ1n) is 6.05. The van der Waals surface area contributed by atoms with Crippen molar-refractivity contribution in [2.45, 2.75) is 59.4 Å². The third-order valence-corrected chi connectivity index (χ3v) is 2.91. The van der Waals surface area contributed by atoms with Crippen molar-refractivity contribution in [3.63, 3.8) is 0 Å². The van der Waals surface area contributed by atoms with E-state index >= 15 is 0 Å². The van der Waals surface area contributed by atoms with Gasteiger partial charge in [-0.05, 0) is 31.7 Å². The van der Waals surface area contributed by atoms with Crippen molar-refractivity contribution in [3.8, 4) is 0 Å². The Morgan fingerprint density at radius 2 is 1.93 bits per heavy atom. The van der Waals surface area contributed by atoms with Crippen molar-refractivity contribution < 1.29 is 0 Å². The molecule has 0 aliphatic carbocycles. The van der Waals surface area contributed by atoms with Gasteiger partial charge in [0, 0.05) is 6.04 Å². The maximum atomic E-state index is 4.10. The molecule has 84 valence electrons. The molecule has 0 spiro atoms. The Morgan fingerprint density at radius 3 is 2.36 bits per heavy atom. The molecule has 0 amide bonds. The van der Waals surface area contributed by atoms with Gasteiger partial charge in [-0.3, -0.25) is 0 Å². The number of hydrogen-bond donors (Lipinski definition) is 1. The van der Waals surface area contributed by atoms with E-state index < -0.39 is 0 Å². The van der Waals surface area contributed by atoms with Gasteiger partial charge < -0.3 is 5.32 Å². The maximum absolute atomic E-state index is 4.10. The van der Waals surface area contributed by atoms with E-state index in [0.29, 0.717) is 6.04 Å². The van der Waals surface area contributed by atoms with Crippen molar-refractivity contribution >= 4 is 0 Å². The largest absolute Gasteiger partial charge is 0.314 e. The molecule has 0 aromatic carbocycles. The monoisotopic (exact) mass is 197 g/mol. The average molecular weight is 197 g/mol. The fourth-order valence-corrected chi connectivity index (χ4v) is 1.85. The van der Waals surface area contributed by atoms with Crippen LogP contribution >= 0.6 is 0 Å². The lowest BCUT2D eigenvalue weighted by Gasteiger charge is -2.25. The van der Waals surface area contributed by atoms with Gasteiger partial charge in [-0.2, -0.15) is 0 Å². The van der Waals surface area contributed by atoms with Crippen molar-refractivity contribution in [2.75, 3.05) is 6.54 Å². The maximum Gasteiger partial charge on any atom is 0.0130 e. The molecule has 0 fully saturated rings. The second-order valence-corrected chi connectivity index (χ2v) is 4.24. The van der Waals surface area contributed by atoms with Crippen LogP contribution in [0.3, 0.4) is 0 Å². The smallest absolute Gasteiger partial charge is 0.0130 e. The van der Waals surface area contributed by atoms with Crippen LogP contribution in [0.5, 0.6) is 0 Å². The first kappa shape index (κ1) is 13.7. The molecule has 2 unspecified atom stereocenters. The van der Waals surface area contributed by atoms with E-state index in [0.717, 1.165) is 25.3 Å². The number of rotatable bonds is 8. The van der Waals surface area contributed by atoms with Gasteiger partial charge in [0.1, 0.15) is 0 Å². The van der Waals surface area contributed by atoms with Crippen LogP contribution in [0.2, 0.25) is 0 Å². The Hall–Kier alpha value is -0.300. The van der Waals surface area contributed by atoms with E-state index in [1.165, 1.54) is 18.4 Å². The second kappa shape index (κ2) is 8.05. The number of nitrogens with one attached hydrogen (secondary N) is 1. The Kier molecular flexibility index (Phi) is 7.87. The Bertz CT molecular complexity index is 151. The molecule has 0 aliphatic rings. The van der Waals surface area contributed by atoms with Gasteiger partial charge in [0.05, 0.1) is 0 Å². The molecule has 0 radical (unpaired) electrons. The first-order chi connectivity index (χ1) is 6.65. The molecular weight excluding hydrogens is 170 g/mol. The Labute approximate surface area is 90.0 Å². The van der Waals surface area contributed by atoms with Gasteiger partial charge in [0.2, 0.25) is 0 Å². The molecule has 0 heterocycles. The van der Waals surface area contributed by atoms with Crippen LogP contribution in [-0.2, 0) is 0 Å². The topological polar surface area (TPSA) is 12.0 Å². The molecule has 0 rings (SSSR count). The lowest BCUT2D eigenvalue weighted by atomic mass is 9.91. The molecule has 1 N–H and O–H groups in total. The normalized spacial score (nSPS) is 15.1. The minimum absolute atomic E-state index is 0.632. The molecule has 1 heteroatoms. The summed E-state index contributed by atoms with van der Waals surface area (Å²) in [5, 5.41) is 3.57. The summed E-state index contributed by atoms with van der Waals surface area (Å²) in [5.41, 5.74) is 1.37. The lowest BCUT2D eigenvalue weighted by Crippen LogP contribution is -2.35. The molecule has 14 heavy (non-hydrogen) atoms. The van der Waals surface area contributed by atoms with E-state index in [-0.39, 0.29) is 0 Å². The highest BCUT2D eigenvalue weighted by atomic mass is 14.9. The van der Waals surface area contributed by atoms with Crippen LogP contribution < -0.4 is 5.32 Å². The highest BCUT2D eigenvalue weighted by Crippen LogP contribution is 2.18. The molecule has 0 aromatic rings. The summed E-state index contributed by atoms with van der Waals surface area (Å²) < 4.78 is 0. The number of hydrogen-bond acceptors (Lipinski definition) is 1. The van der Waals surface area contributed by atoms with Crippen LogP contribution in [0.4, 0.5) is 0 Å². The summed E-state index contributed by atoms with van der Waals surface area (Å²) in [6.07, 6.45) is 4.85. The third kappa shape index (κ3) is 5.43. The average Bonchev–Trinajstić information content (AvgIpc) is 2.17. The molecular formula is C13H27N. The van der Waals surface area contributed by atoms with Crippen LogP contribution in [-0.4, -0.2) is 12.6 Å². The zero-order valence-corrected chi connectivity index (χ0v) is 10.4. The molecule has 2 atom stereocenters. The molecule has 0 bridgehead atoms. The van der Waals surface area contributed by atoms with Crippen LogP contribution in [0.1, 0.15) is 53.4 Å². The fourth-order valence-electron chi connectivity index (χ4n) is 1.85. The molecule has 0 saturated carbocycles. The van der Waals surface area contributed by atoms with E-state index in [1.807, 2.05) is 0 Å². The van der Waals surface area contributed by atoms with E-state index in [9.17, 15) is 0 Å². The summed E-state index contributed by atoms with van der Waals surface area (Å²) in [6.45, 7) is 14.1. The summed E-state index contributed by atoms with van der Waals surface area (Å²) in [6, 6.07) is 0.632.